The maximum atomic E-state index is 11.9. The summed E-state index contributed by atoms with van der Waals surface area (Å²) in [5.74, 6) is -0.975. The minimum absolute atomic E-state index is 0.134. The van der Waals surface area contributed by atoms with Crippen LogP contribution in [0.5, 0.6) is 5.88 Å². The Morgan fingerprint density at radius 3 is 2.58 bits per heavy atom. The first-order valence-electron chi connectivity index (χ1n) is 5.96. The van der Waals surface area contributed by atoms with Gasteiger partial charge in [0.15, 0.2) is 5.69 Å². The zero-order chi connectivity index (χ0) is 14.6. The molecular formula is C12H19N3O4. The van der Waals surface area contributed by atoms with E-state index in [4.69, 9.17) is 9.84 Å². The smallest absolute Gasteiger partial charge is 0.326 e. The van der Waals surface area contributed by atoms with Crippen LogP contribution in [0, 0.1) is 5.92 Å². The Bertz CT molecular complexity index is 468. The first-order chi connectivity index (χ1) is 8.85. The number of nitrogens with one attached hydrogen (secondary N) is 1. The standard InChI is InChI=1S/C12H19N3O4/c1-7(2)5-9(12(17)18)13-11(16)8-6-10(19-4)15(3)14-8/h6-7,9H,5H2,1-4H3,(H,13,16)(H,17,18)/t9-/m0/s1. The highest BCUT2D eigenvalue weighted by atomic mass is 16.5. The van der Waals surface area contributed by atoms with E-state index in [0.717, 1.165) is 0 Å². The zero-order valence-corrected chi connectivity index (χ0v) is 11.5. The number of hydrogen-bond donors (Lipinski definition) is 2. The Kier molecular flexibility index (Phi) is 4.91. The molecule has 106 valence electrons. The van der Waals surface area contributed by atoms with Crippen LogP contribution in [0.15, 0.2) is 6.07 Å². The van der Waals surface area contributed by atoms with Gasteiger partial charge in [-0.15, -0.1) is 0 Å². The number of carboxylic acids is 1. The van der Waals surface area contributed by atoms with Gasteiger partial charge in [0, 0.05) is 13.1 Å². The van der Waals surface area contributed by atoms with E-state index in [0.29, 0.717) is 12.3 Å². The van der Waals surface area contributed by atoms with E-state index < -0.39 is 17.9 Å². The van der Waals surface area contributed by atoms with Crippen LogP contribution in [0.2, 0.25) is 0 Å². The molecule has 0 saturated carbocycles. The van der Waals surface area contributed by atoms with Gasteiger partial charge in [0.2, 0.25) is 5.88 Å². The number of rotatable bonds is 6. The van der Waals surface area contributed by atoms with Gasteiger partial charge in [-0.25, -0.2) is 9.48 Å². The summed E-state index contributed by atoms with van der Waals surface area (Å²) in [6.07, 6.45) is 0.366. The second kappa shape index (κ2) is 6.21. The van der Waals surface area contributed by atoms with Gasteiger partial charge in [-0.3, -0.25) is 4.79 Å². The Balaban J connectivity index is 2.78. The molecule has 0 aliphatic rings. The minimum Gasteiger partial charge on any atom is -0.481 e. The fraction of sp³-hybridized carbons (Fsp3) is 0.583. The molecule has 7 nitrogen and oxygen atoms in total. The number of nitrogens with zero attached hydrogens (tertiary/aromatic N) is 2. The average molecular weight is 269 g/mol. The summed E-state index contributed by atoms with van der Waals surface area (Å²) < 4.78 is 6.41. The number of carbonyl (C=O) groups excluding carboxylic acids is 1. The Labute approximate surface area is 111 Å². The molecule has 0 spiro atoms. The van der Waals surface area contributed by atoms with Gasteiger partial charge in [0.05, 0.1) is 7.11 Å². The van der Waals surface area contributed by atoms with Crippen LogP contribution in [0.3, 0.4) is 0 Å². The summed E-state index contributed by atoms with van der Waals surface area (Å²) in [4.78, 5) is 23.0. The third-order valence-corrected chi connectivity index (χ3v) is 2.59. The lowest BCUT2D eigenvalue weighted by molar-refractivity contribution is -0.139. The van der Waals surface area contributed by atoms with Crippen LogP contribution in [0.25, 0.3) is 0 Å². The Morgan fingerprint density at radius 1 is 1.53 bits per heavy atom. The predicted molar refractivity (Wildman–Crippen MR) is 68.1 cm³/mol. The molecular weight excluding hydrogens is 250 g/mol. The van der Waals surface area contributed by atoms with Crippen molar-refractivity contribution < 1.29 is 19.4 Å². The molecule has 1 atom stereocenters. The molecule has 0 bridgehead atoms. The molecule has 0 saturated heterocycles. The molecule has 1 heterocycles. The van der Waals surface area contributed by atoms with Crippen molar-refractivity contribution in [3.8, 4) is 5.88 Å². The lowest BCUT2D eigenvalue weighted by Gasteiger charge is -2.15. The summed E-state index contributed by atoms with van der Waals surface area (Å²) in [5.41, 5.74) is 0.134. The normalized spacial score (nSPS) is 12.3. The molecule has 0 unspecified atom stereocenters. The number of aromatic nitrogens is 2. The molecule has 1 amide bonds. The molecule has 0 radical (unpaired) electrons. The predicted octanol–water partition coefficient (Wildman–Crippen LogP) is 0.658. The van der Waals surface area contributed by atoms with Crippen molar-refractivity contribution in [1.29, 1.82) is 0 Å². The molecule has 1 aromatic heterocycles. The third-order valence-electron chi connectivity index (χ3n) is 2.59. The van der Waals surface area contributed by atoms with Crippen molar-refractivity contribution in [2.45, 2.75) is 26.3 Å². The van der Waals surface area contributed by atoms with Gasteiger partial charge in [0.1, 0.15) is 6.04 Å². The van der Waals surface area contributed by atoms with Crippen molar-refractivity contribution in [2.75, 3.05) is 7.11 Å². The molecule has 0 aromatic carbocycles. The topological polar surface area (TPSA) is 93.4 Å². The van der Waals surface area contributed by atoms with E-state index in [1.807, 2.05) is 13.8 Å². The van der Waals surface area contributed by atoms with Crippen molar-refractivity contribution in [1.82, 2.24) is 15.1 Å². The summed E-state index contributed by atoms with van der Waals surface area (Å²) in [6.45, 7) is 3.79. The van der Waals surface area contributed by atoms with E-state index in [1.54, 1.807) is 7.05 Å². The molecule has 7 heteroatoms. The third kappa shape index (κ3) is 3.97. The van der Waals surface area contributed by atoms with Crippen molar-refractivity contribution in [2.24, 2.45) is 13.0 Å². The highest BCUT2D eigenvalue weighted by Crippen LogP contribution is 2.12. The number of methoxy groups -OCH3 is 1. The van der Waals surface area contributed by atoms with E-state index in [-0.39, 0.29) is 11.6 Å². The minimum atomic E-state index is -1.05. The highest BCUT2D eigenvalue weighted by molar-refractivity contribution is 5.95. The summed E-state index contributed by atoms with van der Waals surface area (Å²) in [7, 11) is 3.11. The number of carboxylic acid groups (broad SMARTS) is 1. The van der Waals surface area contributed by atoms with Crippen LogP contribution < -0.4 is 10.1 Å². The SMILES string of the molecule is COc1cc(C(=O)N[C@@H](CC(C)C)C(=O)O)nn1C. The van der Waals surface area contributed by atoms with E-state index >= 15 is 0 Å². The monoisotopic (exact) mass is 269 g/mol. The number of ether oxygens (including phenoxy) is 1. The lowest BCUT2D eigenvalue weighted by atomic mass is 10.0. The van der Waals surface area contributed by atoms with Crippen LogP contribution >= 0.6 is 0 Å². The quantitative estimate of drug-likeness (QED) is 0.791. The number of aliphatic carboxylic acids is 1. The first kappa shape index (κ1) is 15.0. The van der Waals surface area contributed by atoms with E-state index in [1.165, 1.54) is 17.9 Å². The van der Waals surface area contributed by atoms with E-state index in [9.17, 15) is 9.59 Å². The molecule has 2 N–H and O–H groups in total. The largest absolute Gasteiger partial charge is 0.481 e. The molecule has 0 aliphatic heterocycles. The van der Waals surface area contributed by atoms with Gasteiger partial charge >= 0.3 is 5.97 Å². The lowest BCUT2D eigenvalue weighted by Crippen LogP contribution is -2.41. The van der Waals surface area contributed by atoms with Crippen molar-refractivity contribution >= 4 is 11.9 Å². The summed E-state index contributed by atoms with van der Waals surface area (Å²) in [6, 6.07) is 0.546. The maximum Gasteiger partial charge on any atom is 0.326 e. The highest BCUT2D eigenvalue weighted by Gasteiger charge is 2.23. The van der Waals surface area contributed by atoms with Gasteiger partial charge < -0.3 is 15.2 Å². The fourth-order valence-electron chi connectivity index (χ4n) is 1.68. The fourth-order valence-corrected chi connectivity index (χ4v) is 1.68. The second-order valence-corrected chi connectivity index (χ2v) is 4.69. The maximum absolute atomic E-state index is 11.9. The second-order valence-electron chi connectivity index (χ2n) is 4.69. The number of aryl methyl sites for hydroxylation is 1. The zero-order valence-electron chi connectivity index (χ0n) is 11.5. The summed E-state index contributed by atoms with van der Waals surface area (Å²) >= 11 is 0. The van der Waals surface area contributed by atoms with E-state index in [2.05, 4.69) is 10.4 Å². The Hall–Kier alpha value is -2.05. The van der Waals surface area contributed by atoms with Gasteiger partial charge in [-0.05, 0) is 12.3 Å². The van der Waals surface area contributed by atoms with Crippen molar-refractivity contribution in [3.05, 3.63) is 11.8 Å². The number of amides is 1. The van der Waals surface area contributed by atoms with Gasteiger partial charge in [-0.1, -0.05) is 13.8 Å². The molecule has 1 rings (SSSR count). The molecule has 0 aliphatic carbocycles. The van der Waals surface area contributed by atoms with Gasteiger partial charge in [0.25, 0.3) is 5.91 Å². The van der Waals surface area contributed by atoms with Crippen LogP contribution in [0.1, 0.15) is 30.8 Å². The first-order valence-corrected chi connectivity index (χ1v) is 5.96. The van der Waals surface area contributed by atoms with Crippen LogP contribution in [-0.2, 0) is 11.8 Å². The average Bonchev–Trinajstić information content (AvgIpc) is 2.69. The van der Waals surface area contributed by atoms with Gasteiger partial charge in [-0.2, -0.15) is 5.10 Å². The van der Waals surface area contributed by atoms with Crippen LogP contribution in [0.4, 0.5) is 0 Å². The van der Waals surface area contributed by atoms with Crippen LogP contribution in [-0.4, -0.2) is 39.9 Å². The summed E-state index contributed by atoms with van der Waals surface area (Å²) in [5, 5.41) is 15.5. The number of hydrogen-bond acceptors (Lipinski definition) is 4. The molecule has 0 fully saturated rings. The molecule has 1 aromatic rings. The Morgan fingerprint density at radius 2 is 2.16 bits per heavy atom. The molecule has 19 heavy (non-hydrogen) atoms. The number of carbonyl (C=O) groups is 2. The van der Waals surface area contributed by atoms with Crippen molar-refractivity contribution in [3.63, 3.8) is 0 Å².